The summed E-state index contributed by atoms with van der Waals surface area (Å²) in [5, 5.41) is 6.92. The first-order valence-corrected chi connectivity index (χ1v) is 7.60. The fourth-order valence-corrected chi connectivity index (χ4v) is 2.99. The molecular weight excluding hydrogens is 238 g/mol. The molecule has 2 aliphatic heterocycles. The molecule has 0 radical (unpaired) electrons. The summed E-state index contributed by atoms with van der Waals surface area (Å²) in [6, 6.07) is 0.451. The van der Waals surface area contributed by atoms with Crippen LogP contribution in [0.2, 0.25) is 0 Å². The van der Waals surface area contributed by atoms with E-state index in [9.17, 15) is 0 Å². The smallest absolute Gasteiger partial charge is 0.191 e. The van der Waals surface area contributed by atoms with Gasteiger partial charge in [-0.25, -0.2) is 0 Å². The molecule has 0 aliphatic carbocycles. The highest BCUT2D eigenvalue weighted by molar-refractivity contribution is 5.80. The third-order valence-corrected chi connectivity index (χ3v) is 4.05. The minimum absolute atomic E-state index is 0.401. The minimum Gasteiger partial charge on any atom is -0.373 e. The minimum atomic E-state index is 0.401. The van der Waals surface area contributed by atoms with Gasteiger partial charge in [-0.2, -0.15) is 0 Å². The molecule has 4 nitrogen and oxygen atoms in total. The number of rotatable bonds is 4. The maximum absolute atomic E-state index is 5.86. The van der Waals surface area contributed by atoms with Crippen LogP contribution in [0.5, 0.6) is 0 Å². The van der Waals surface area contributed by atoms with E-state index in [4.69, 9.17) is 4.74 Å². The predicted molar refractivity (Wildman–Crippen MR) is 79.5 cm³/mol. The second-order valence-electron chi connectivity index (χ2n) is 7.02. The Hall–Kier alpha value is -0.770. The van der Waals surface area contributed by atoms with Crippen molar-refractivity contribution < 1.29 is 4.74 Å². The molecule has 0 spiro atoms. The fourth-order valence-electron chi connectivity index (χ4n) is 2.99. The normalized spacial score (nSPS) is 30.7. The highest BCUT2D eigenvalue weighted by atomic mass is 16.5. The van der Waals surface area contributed by atoms with Crippen LogP contribution in [0.4, 0.5) is 0 Å². The zero-order chi connectivity index (χ0) is 13.9. The number of hydrogen-bond donors (Lipinski definition) is 2. The van der Waals surface area contributed by atoms with E-state index in [1.165, 1.54) is 25.7 Å². The van der Waals surface area contributed by atoms with Crippen molar-refractivity contribution in [2.24, 2.45) is 10.4 Å². The summed E-state index contributed by atoms with van der Waals surface area (Å²) in [6.07, 6.45) is 6.86. The Balaban J connectivity index is 1.67. The van der Waals surface area contributed by atoms with Crippen molar-refractivity contribution in [2.75, 3.05) is 13.6 Å². The monoisotopic (exact) mass is 267 g/mol. The molecule has 2 fully saturated rings. The topological polar surface area (TPSA) is 45.7 Å². The molecule has 2 heterocycles. The van der Waals surface area contributed by atoms with Crippen molar-refractivity contribution >= 4 is 5.96 Å². The quantitative estimate of drug-likeness (QED) is 0.467. The van der Waals surface area contributed by atoms with Crippen LogP contribution >= 0.6 is 0 Å². The number of nitrogens with zero attached hydrogens (tertiary/aromatic N) is 1. The van der Waals surface area contributed by atoms with Gasteiger partial charge < -0.3 is 15.4 Å². The Morgan fingerprint density at radius 2 is 2.11 bits per heavy atom. The Kier molecular flexibility index (Phi) is 4.71. The molecule has 0 saturated carbocycles. The predicted octanol–water partition coefficient (Wildman–Crippen LogP) is 2.30. The number of fused-ring (bicyclic) bond motifs is 2. The van der Waals surface area contributed by atoms with E-state index in [0.717, 1.165) is 18.9 Å². The second kappa shape index (κ2) is 6.12. The van der Waals surface area contributed by atoms with Crippen molar-refractivity contribution in [1.29, 1.82) is 0 Å². The Morgan fingerprint density at radius 1 is 1.32 bits per heavy atom. The standard InChI is InChI=1S/C15H29N3O/c1-15(2,3)8-5-9-17-14(16-4)18-12-10-11-6-7-13(12)19-11/h11-13H,5-10H2,1-4H3,(H2,16,17,18). The molecule has 0 aromatic rings. The van der Waals surface area contributed by atoms with E-state index in [1.807, 2.05) is 7.05 Å². The van der Waals surface area contributed by atoms with E-state index in [0.29, 0.717) is 23.7 Å². The Labute approximate surface area is 117 Å². The van der Waals surface area contributed by atoms with Crippen molar-refractivity contribution in [3.05, 3.63) is 0 Å². The molecule has 3 atom stereocenters. The molecule has 0 aromatic carbocycles. The second-order valence-corrected chi connectivity index (χ2v) is 7.02. The lowest BCUT2D eigenvalue weighted by Crippen LogP contribution is -2.47. The van der Waals surface area contributed by atoms with Gasteiger partial charge in [0.15, 0.2) is 5.96 Å². The van der Waals surface area contributed by atoms with Gasteiger partial charge in [-0.15, -0.1) is 0 Å². The van der Waals surface area contributed by atoms with E-state index >= 15 is 0 Å². The van der Waals surface area contributed by atoms with Crippen LogP contribution in [0.25, 0.3) is 0 Å². The Bertz CT molecular complexity index is 322. The zero-order valence-electron chi connectivity index (χ0n) is 12.8. The highest BCUT2D eigenvalue weighted by Gasteiger charge is 2.41. The van der Waals surface area contributed by atoms with Crippen LogP contribution in [-0.4, -0.2) is 37.8 Å². The Morgan fingerprint density at radius 3 is 2.63 bits per heavy atom. The van der Waals surface area contributed by atoms with E-state index in [-0.39, 0.29) is 0 Å². The molecule has 2 saturated heterocycles. The van der Waals surface area contributed by atoms with Gasteiger partial charge in [0, 0.05) is 13.6 Å². The molecule has 2 bridgehead atoms. The van der Waals surface area contributed by atoms with E-state index < -0.39 is 0 Å². The fraction of sp³-hybridized carbons (Fsp3) is 0.933. The van der Waals surface area contributed by atoms with E-state index in [2.05, 4.69) is 36.4 Å². The van der Waals surface area contributed by atoms with Crippen LogP contribution < -0.4 is 10.6 Å². The number of hydrogen-bond acceptors (Lipinski definition) is 2. The summed E-state index contributed by atoms with van der Waals surface area (Å²) in [6.45, 7) is 7.84. The zero-order valence-corrected chi connectivity index (χ0v) is 12.8. The number of ether oxygens (including phenoxy) is 1. The molecule has 2 aliphatic rings. The third-order valence-electron chi connectivity index (χ3n) is 4.05. The van der Waals surface area contributed by atoms with Crippen LogP contribution in [0.15, 0.2) is 4.99 Å². The first-order valence-electron chi connectivity index (χ1n) is 7.60. The van der Waals surface area contributed by atoms with Crippen LogP contribution in [-0.2, 0) is 4.74 Å². The molecular formula is C15H29N3O. The SMILES string of the molecule is CN=C(NCCCC(C)(C)C)NC1CC2CCC1O2. The van der Waals surface area contributed by atoms with Gasteiger partial charge in [0.25, 0.3) is 0 Å². The van der Waals surface area contributed by atoms with Gasteiger partial charge in [0.1, 0.15) is 0 Å². The van der Waals surface area contributed by atoms with E-state index in [1.54, 1.807) is 0 Å². The van der Waals surface area contributed by atoms with Gasteiger partial charge in [-0.3, -0.25) is 4.99 Å². The number of aliphatic imine (C=N–C) groups is 1. The third kappa shape index (κ3) is 4.37. The highest BCUT2D eigenvalue weighted by Crippen LogP contribution is 2.34. The van der Waals surface area contributed by atoms with Gasteiger partial charge in [0.2, 0.25) is 0 Å². The largest absolute Gasteiger partial charge is 0.373 e. The lowest BCUT2D eigenvalue weighted by Gasteiger charge is -2.23. The molecule has 2 N–H and O–H groups in total. The van der Waals surface area contributed by atoms with Crippen molar-refractivity contribution in [3.8, 4) is 0 Å². The molecule has 2 rings (SSSR count). The summed E-state index contributed by atoms with van der Waals surface area (Å²) < 4.78 is 5.86. The first kappa shape index (κ1) is 14.6. The lowest BCUT2D eigenvalue weighted by atomic mass is 9.91. The number of nitrogens with one attached hydrogen (secondary N) is 2. The van der Waals surface area contributed by atoms with Crippen molar-refractivity contribution in [1.82, 2.24) is 10.6 Å². The van der Waals surface area contributed by atoms with Gasteiger partial charge in [-0.05, 0) is 37.5 Å². The average molecular weight is 267 g/mol. The molecule has 19 heavy (non-hydrogen) atoms. The summed E-state index contributed by atoms with van der Waals surface area (Å²) in [4.78, 5) is 4.31. The van der Waals surface area contributed by atoms with Gasteiger partial charge in [-0.1, -0.05) is 20.8 Å². The maximum atomic E-state index is 5.86. The van der Waals surface area contributed by atoms with Crippen LogP contribution in [0, 0.1) is 5.41 Å². The first-order chi connectivity index (χ1) is 8.98. The summed E-state index contributed by atoms with van der Waals surface area (Å²) in [7, 11) is 1.84. The van der Waals surface area contributed by atoms with Crippen molar-refractivity contribution in [3.63, 3.8) is 0 Å². The average Bonchev–Trinajstić information content (AvgIpc) is 2.93. The molecule has 110 valence electrons. The van der Waals surface area contributed by atoms with Gasteiger partial charge in [0.05, 0.1) is 18.2 Å². The van der Waals surface area contributed by atoms with Gasteiger partial charge >= 0.3 is 0 Å². The lowest BCUT2D eigenvalue weighted by molar-refractivity contribution is 0.0992. The molecule has 0 amide bonds. The summed E-state index contributed by atoms with van der Waals surface area (Å²) in [5.74, 6) is 0.926. The molecule has 0 aromatic heterocycles. The van der Waals surface area contributed by atoms with Crippen LogP contribution in [0.3, 0.4) is 0 Å². The summed E-state index contributed by atoms with van der Waals surface area (Å²) in [5.41, 5.74) is 0.414. The molecule has 4 heteroatoms. The summed E-state index contributed by atoms with van der Waals surface area (Å²) >= 11 is 0. The van der Waals surface area contributed by atoms with Crippen molar-refractivity contribution in [2.45, 2.75) is 71.1 Å². The maximum Gasteiger partial charge on any atom is 0.191 e. The number of guanidine groups is 1. The van der Waals surface area contributed by atoms with Crippen LogP contribution in [0.1, 0.15) is 52.9 Å². The molecule has 3 unspecified atom stereocenters.